The summed E-state index contributed by atoms with van der Waals surface area (Å²) < 4.78 is 5.22. The fraction of sp³-hybridized carbons (Fsp3) is 0.783. The number of ether oxygens (including phenoxy) is 1. The summed E-state index contributed by atoms with van der Waals surface area (Å²) in [4.78, 5) is 0. The number of unbranched alkanes of at least 4 members (excludes halogenated alkanes) is 30. The highest BCUT2D eigenvalue weighted by Gasteiger charge is 2.29. The van der Waals surface area contributed by atoms with E-state index in [4.69, 9.17) is 4.74 Å². The Morgan fingerprint density at radius 1 is 0.356 bits per heavy atom. The van der Waals surface area contributed by atoms with E-state index in [1.807, 2.05) is 12.1 Å². The molecule has 498 valence electrons. The number of hydrogen-bond donors (Lipinski definition) is 3. The van der Waals surface area contributed by atoms with Crippen molar-refractivity contribution in [2.75, 3.05) is 7.11 Å². The minimum atomic E-state index is -0.0756. The van der Waals surface area contributed by atoms with Crippen molar-refractivity contribution in [1.82, 2.24) is 0 Å². The van der Waals surface area contributed by atoms with Crippen LogP contribution in [0.25, 0.3) is 0 Å². The molecule has 0 radical (unpaired) electrons. The molecule has 0 atom stereocenters. The predicted molar refractivity (Wildman–Crippen MR) is 381 cm³/mol. The first-order valence-electron chi connectivity index (χ1n) is 38.1. The first kappa shape index (κ1) is 76.5. The molecule has 4 nitrogen and oxygen atoms in total. The van der Waals surface area contributed by atoms with Gasteiger partial charge in [0, 0.05) is 7.11 Å². The van der Waals surface area contributed by atoms with Gasteiger partial charge in [-0.25, -0.2) is 0 Å². The molecule has 0 bridgehead atoms. The first-order valence-corrected chi connectivity index (χ1v) is 38.1. The van der Waals surface area contributed by atoms with Crippen molar-refractivity contribution in [2.45, 2.75) is 412 Å². The van der Waals surface area contributed by atoms with Gasteiger partial charge in [-0.15, -0.1) is 0 Å². The van der Waals surface area contributed by atoms with Gasteiger partial charge in [-0.1, -0.05) is 336 Å². The van der Waals surface area contributed by atoms with E-state index in [-0.39, 0.29) is 10.8 Å². The number of aryl methyl sites for hydroxylation is 3. The van der Waals surface area contributed by atoms with Crippen LogP contribution < -0.4 is 0 Å². The van der Waals surface area contributed by atoms with Crippen molar-refractivity contribution in [1.29, 1.82) is 0 Å². The summed E-state index contributed by atoms with van der Waals surface area (Å²) >= 11 is 0. The Balaban J connectivity index is 0.000000312. The molecule has 0 amide bonds. The van der Waals surface area contributed by atoms with Crippen molar-refractivity contribution in [2.24, 2.45) is 0 Å². The molecule has 3 saturated carbocycles. The Hall–Kier alpha value is -2.98. The molecule has 0 aliphatic heterocycles. The first-order chi connectivity index (χ1) is 42.1. The van der Waals surface area contributed by atoms with Gasteiger partial charge in [0.1, 0.15) is 17.2 Å². The average Bonchev–Trinajstić information content (AvgIpc) is 3.59. The standard InChI is InChI=1S/C43H80O.C24H36O.C16H26O2/c1-4-6-8-10-12-14-16-18-20-22-24-26-28-30-32-34-36-41-38-40(3)39-42(43(41)44)37-35-33-31-29-27-25-23-21-19-17-15-13-11-9-7-5-2;25-24-22(19-12-6-2-7-13-19)16-21(18-10-4-1-5-11-18)17-23(24)20-14-8-3-9-15-20;1-15(2,3)12-8-11(10-18-7)9-13(14(12)17)16(4,5)6/h38-39,44H,4-37H2,1-3H3;16-20,25H,1-15H2;8-9,17H,10H2,1-7H3. The number of hydrogen-bond acceptors (Lipinski definition) is 4. The summed E-state index contributed by atoms with van der Waals surface area (Å²) in [7, 11) is 1.69. The highest BCUT2D eigenvalue weighted by molar-refractivity contribution is 5.51. The molecule has 3 aliphatic rings. The molecule has 0 saturated heterocycles. The van der Waals surface area contributed by atoms with E-state index in [9.17, 15) is 15.3 Å². The average molecular weight is 1200 g/mol. The second kappa shape index (κ2) is 45.3. The van der Waals surface area contributed by atoms with E-state index in [1.54, 1.807) is 12.7 Å². The van der Waals surface area contributed by atoms with E-state index >= 15 is 0 Å². The summed E-state index contributed by atoms with van der Waals surface area (Å²) in [5, 5.41) is 32.7. The number of benzene rings is 3. The third-order valence-electron chi connectivity index (χ3n) is 20.5. The summed E-state index contributed by atoms with van der Waals surface area (Å²) in [6.07, 6.45) is 67.3. The molecular formula is C83H142O4. The zero-order chi connectivity index (χ0) is 63.0. The molecule has 3 aromatic rings. The molecule has 3 N–H and O–H groups in total. The van der Waals surface area contributed by atoms with Crippen LogP contribution in [0, 0.1) is 6.92 Å². The van der Waals surface area contributed by atoms with Gasteiger partial charge in [0.05, 0.1) is 6.61 Å². The van der Waals surface area contributed by atoms with Gasteiger partial charge in [0.2, 0.25) is 0 Å². The lowest BCUT2D eigenvalue weighted by Gasteiger charge is -2.30. The van der Waals surface area contributed by atoms with E-state index < -0.39 is 0 Å². The van der Waals surface area contributed by atoms with Crippen LogP contribution in [0.3, 0.4) is 0 Å². The third-order valence-corrected chi connectivity index (χ3v) is 20.5. The second-order valence-corrected chi connectivity index (χ2v) is 30.6. The number of rotatable bonds is 39. The van der Waals surface area contributed by atoms with Crippen molar-refractivity contribution < 1.29 is 20.1 Å². The topological polar surface area (TPSA) is 69.9 Å². The van der Waals surface area contributed by atoms with Gasteiger partial charge in [-0.2, -0.15) is 0 Å². The minimum absolute atomic E-state index is 0.0756. The van der Waals surface area contributed by atoms with Crippen LogP contribution in [0.5, 0.6) is 17.2 Å². The Morgan fingerprint density at radius 2 is 0.644 bits per heavy atom. The molecule has 4 heteroatoms. The quantitative estimate of drug-likeness (QED) is 0.0498. The molecule has 0 unspecified atom stereocenters. The maximum Gasteiger partial charge on any atom is 0.123 e. The molecule has 87 heavy (non-hydrogen) atoms. The van der Waals surface area contributed by atoms with Gasteiger partial charge in [0.25, 0.3) is 0 Å². The van der Waals surface area contributed by atoms with Crippen molar-refractivity contribution in [3.05, 3.63) is 86.5 Å². The van der Waals surface area contributed by atoms with Crippen molar-refractivity contribution in [3.63, 3.8) is 0 Å². The van der Waals surface area contributed by atoms with Gasteiger partial charge in [-0.3, -0.25) is 0 Å². The number of aromatic hydroxyl groups is 3. The van der Waals surface area contributed by atoms with Crippen LogP contribution in [-0.4, -0.2) is 22.4 Å². The van der Waals surface area contributed by atoms with Gasteiger partial charge in [-0.05, 0) is 156 Å². The van der Waals surface area contributed by atoms with Crippen molar-refractivity contribution >= 4 is 0 Å². The molecule has 0 heterocycles. The van der Waals surface area contributed by atoms with Crippen LogP contribution in [0.4, 0.5) is 0 Å². The van der Waals surface area contributed by atoms with Gasteiger partial charge < -0.3 is 20.1 Å². The fourth-order valence-electron chi connectivity index (χ4n) is 15.0. The molecular weight excluding hydrogens is 1060 g/mol. The van der Waals surface area contributed by atoms with E-state index in [1.165, 1.54) is 330 Å². The zero-order valence-electron chi connectivity index (χ0n) is 59.3. The normalized spacial score (nSPS) is 15.5. The molecule has 3 aromatic carbocycles. The Bertz CT molecular complexity index is 2060. The smallest absolute Gasteiger partial charge is 0.123 e. The fourth-order valence-corrected chi connectivity index (χ4v) is 15.0. The Kier molecular flexibility index (Phi) is 39.8. The highest BCUT2D eigenvalue weighted by atomic mass is 16.5. The van der Waals surface area contributed by atoms with E-state index in [0.29, 0.717) is 35.7 Å². The molecule has 0 aromatic heterocycles. The van der Waals surface area contributed by atoms with Gasteiger partial charge >= 0.3 is 0 Å². The van der Waals surface area contributed by atoms with Crippen LogP contribution in [0.15, 0.2) is 36.4 Å². The summed E-state index contributed by atoms with van der Waals surface area (Å²) in [6.45, 7) is 20.1. The summed E-state index contributed by atoms with van der Waals surface area (Å²) in [5.41, 5.74) is 10.9. The summed E-state index contributed by atoms with van der Waals surface area (Å²) in [6, 6.07) is 13.4. The Labute approximate surface area is 540 Å². The molecule has 0 spiro atoms. The SMILES string of the molecule is CCCCCCCCCCCCCCCCCCc1cc(C)cc(CCCCCCCCCCCCCCCCCC)c1O.COCc1cc(C(C)(C)C)c(O)c(C(C)(C)C)c1.Oc1c(C2CCCCC2)cc(C2CCCCC2)cc1C1CCCCC1. The number of phenolic OH excluding ortho intramolecular Hbond substituents is 3. The lowest BCUT2D eigenvalue weighted by atomic mass is 9.75. The maximum atomic E-state index is 11.2. The van der Waals surface area contributed by atoms with Crippen LogP contribution >= 0.6 is 0 Å². The molecule has 3 aliphatic carbocycles. The number of methoxy groups -OCH3 is 1. The predicted octanol–water partition coefficient (Wildman–Crippen LogP) is 27.0. The third kappa shape index (κ3) is 31.3. The monoisotopic (exact) mass is 1200 g/mol. The lowest BCUT2D eigenvalue weighted by Crippen LogP contribution is -2.18. The van der Waals surface area contributed by atoms with Crippen molar-refractivity contribution in [3.8, 4) is 17.2 Å². The lowest BCUT2D eigenvalue weighted by molar-refractivity contribution is 0.184. The second-order valence-electron chi connectivity index (χ2n) is 30.6. The molecule has 3 fully saturated rings. The zero-order valence-corrected chi connectivity index (χ0v) is 59.3. The van der Waals surface area contributed by atoms with E-state index in [0.717, 1.165) is 35.4 Å². The number of phenols is 3. The largest absolute Gasteiger partial charge is 0.507 e. The Morgan fingerprint density at radius 3 is 0.931 bits per heavy atom. The van der Waals surface area contributed by atoms with Crippen LogP contribution in [-0.2, 0) is 35.0 Å². The van der Waals surface area contributed by atoms with E-state index in [2.05, 4.69) is 86.6 Å². The van der Waals surface area contributed by atoms with Crippen LogP contribution in [0.1, 0.15) is 425 Å². The molecule has 6 rings (SSSR count). The minimum Gasteiger partial charge on any atom is -0.507 e. The summed E-state index contributed by atoms with van der Waals surface area (Å²) in [5.74, 6) is 3.70. The van der Waals surface area contributed by atoms with Gasteiger partial charge in [0.15, 0.2) is 0 Å². The highest BCUT2D eigenvalue weighted by Crippen LogP contribution is 2.47. The van der Waals surface area contributed by atoms with Crippen LogP contribution in [0.2, 0.25) is 0 Å². The maximum absolute atomic E-state index is 11.2.